The monoisotopic (exact) mass is 417 g/mol. The topological polar surface area (TPSA) is 73.9 Å². The van der Waals surface area contributed by atoms with Crippen LogP contribution in [0.1, 0.15) is 25.0 Å². The summed E-state index contributed by atoms with van der Waals surface area (Å²) in [6, 6.07) is 10.5. The van der Waals surface area contributed by atoms with E-state index in [2.05, 4.69) is 5.32 Å². The Hall–Kier alpha value is -2.99. The van der Waals surface area contributed by atoms with E-state index in [1.54, 1.807) is 56.5 Å². The van der Waals surface area contributed by atoms with Gasteiger partial charge >= 0.3 is 5.97 Å². The molecule has 6 nitrogen and oxygen atoms in total. The Morgan fingerprint density at radius 3 is 2.62 bits per heavy atom. The van der Waals surface area contributed by atoms with Crippen LogP contribution in [0.3, 0.4) is 0 Å². The third kappa shape index (κ3) is 6.84. The Morgan fingerprint density at radius 1 is 1.17 bits per heavy atom. The van der Waals surface area contributed by atoms with Crippen molar-refractivity contribution in [3.63, 3.8) is 0 Å². The highest BCUT2D eigenvalue weighted by atomic mass is 35.5. The molecule has 2 aromatic rings. The van der Waals surface area contributed by atoms with E-state index in [9.17, 15) is 9.59 Å². The minimum Gasteiger partial charge on any atom is -0.493 e. The molecule has 0 fully saturated rings. The van der Waals surface area contributed by atoms with Crippen LogP contribution in [-0.2, 0) is 14.3 Å². The lowest BCUT2D eigenvalue weighted by atomic mass is 10.2. The average Bonchev–Trinajstić information content (AvgIpc) is 2.68. The number of halogens is 1. The molecule has 0 saturated heterocycles. The van der Waals surface area contributed by atoms with Gasteiger partial charge in [0.25, 0.3) is 5.91 Å². The smallest absolute Gasteiger partial charge is 0.331 e. The predicted octanol–water partition coefficient (Wildman–Crippen LogP) is 4.64. The number of nitrogens with one attached hydrogen (secondary N) is 1. The van der Waals surface area contributed by atoms with Crippen LogP contribution < -0.4 is 14.8 Å². The van der Waals surface area contributed by atoms with Crippen molar-refractivity contribution in [2.24, 2.45) is 0 Å². The van der Waals surface area contributed by atoms with Gasteiger partial charge in [0.1, 0.15) is 0 Å². The molecular formula is C22H24ClNO5. The van der Waals surface area contributed by atoms with Crippen LogP contribution in [0.15, 0.2) is 42.5 Å². The van der Waals surface area contributed by atoms with Gasteiger partial charge in [-0.3, -0.25) is 4.79 Å². The zero-order valence-corrected chi connectivity index (χ0v) is 17.6. The van der Waals surface area contributed by atoms with Crippen LogP contribution in [0.4, 0.5) is 5.69 Å². The van der Waals surface area contributed by atoms with E-state index in [1.807, 2.05) is 13.8 Å². The van der Waals surface area contributed by atoms with E-state index >= 15 is 0 Å². The van der Waals surface area contributed by atoms with Crippen LogP contribution in [0.2, 0.25) is 5.02 Å². The molecule has 0 saturated carbocycles. The standard InChI is InChI=1S/C22H24ClNO5/c1-14(2)29-19-10-8-16(12-20(19)27-4)9-11-22(26)28-13-21(25)24-18-7-5-6-17(23)15(18)3/h5-12,14H,13H2,1-4H3,(H,24,25)/b11-9+. The molecule has 0 radical (unpaired) electrons. The summed E-state index contributed by atoms with van der Waals surface area (Å²) < 4.78 is 15.9. The number of ether oxygens (including phenoxy) is 3. The van der Waals surface area contributed by atoms with Gasteiger partial charge in [0.15, 0.2) is 18.1 Å². The van der Waals surface area contributed by atoms with Gasteiger partial charge in [-0.05, 0) is 62.2 Å². The SMILES string of the molecule is COc1cc(/C=C/C(=O)OCC(=O)Nc2cccc(Cl)c2C)ccc1OC(C)C. The second-order valence-corrected chi connectivity index (χ2v) is 6.89. The summed E-state index contributed by atoms with van der Waals surface area (Å²) in [4.78, 5) is 23.9. The van der Waals surface area contributed by atoms with Crippen LogP contribution in [0, 0.1) is 6.92 Å². The lowest BCUT2D eigenvalue weighted by molar-refractivity contribution is -0.142. The fourth-order valence-corrected chi connectivity index (χ4v) is 2.59. The molecule has 2 aromatic carbocycles. The van der Waals surface area contributed by atoms with E-state index in [0.29, 0.717) is 22.2 Å². The van der Waals surface area contributed by atoms with Crippen molar-refractivity contribution in [2.45, 2.75) is 26.9 Å². The van der Waals surface area contributed by atoms with Gasteiger partial charge in [-0.15, -0.1) is 0 Å². The van der Waals surface area contributed by atoms with Crippen molar-refractivity contribution in [1.82, 2.24) is 0 Å². The van der Waals surface area contributed by atoms with Gasteiger partial charge in [0.05, 0.1) is 13.2 Å². The molecule has 29 heavy (non-hydrogen) atoms. The number of carbonyl (C=O) groups excluding carboxylic acids is 2. The van der Waals surface area contributed by atoms with Gasteiger partial charge < -0.3 is 19.5 Å². The van der Waals surface area contributed by atoms with Crippen molar-refractivity contribution in [3.05, 3.63) is 58.6 Å². The fourth-order valence-electron chi connectivity index (χ4n) is 2.42. The first-order chi connectivity index (χ1) is 13.8. The minimum absolute atomic E-state index is 0.0158. The Bertz CT molecular complexity index is 908. The van der Waals surface area contributed by atoms with Crippen LogP contribution in [-0.4, -0.2) is 31.7 Å². The lowest BCUT2D eigenvalue weighted by Gasteiger charge is -2.13. The normalized spacial score (nSPS) is 10.8. The number of carbonyl (C=O) groups is 2. The maximum Gasteiger partial charge on any atom is 0.331 e. The molecule has 0 aliphatic heterocycles. The first kappa shape index (κ1) is 22.3. The highest BCUT2D eigenvalue weighted by Crippen LogP contribution is 2.29. The van der Waals surface area contributed by atoms with Crippen molar-refractivity contribution < 1.29 is 23.8 Å². The first-order valence-electron chi connectivity index (χ1n) is 9.04. The number of benzene rings is 2. The molecule has 0 spiro atoms. The highest BCUT2D eigenvalue weighted by Gasteiger charge is 2.10. The summed E-state index contributed by atoms with van der Waals surface area (Å²) in [6.07, 6.45) is 2.83. The number of anilines is 1. The largest absolute Gasteiger partial charge is 0.493 e. The van der Waals surface area contributed by atoms with E-state index in [1.165, 1.54) is 6.08 Å². The second-order valence-electron chi connectivity index (χ2n) is 6.48. The third-order valence-electron chi connectivity index (χ3n) is 3.85. The molecule has 0 atom stereocenters. The van der Waals surface area contributed by atoms with Gasteiger partial charge in [-0.1, -0.05) is 23.7 Å². The lowest BCUT2D eigenvalue weighted by Crippen LogP contribution is -2.20. The minimum atomic E-state index is -0.635. The maximum atomic E-state index is 12.0. The average molecular weight is 418 g/mol. The number of hydrogen-bond donors (Lipinski definition) is 1. The van der Waals surface area contributed by atoms with Gasteiger partial charge in [-0.25, -0.2) is 4.79 Å². The molecule has 0 aliphatic carbocycles. The number of methoxy groups -OCH3 is 1. The second kappa shape index (κ2) is 10.5. The van der Waals surface area contributed by atoms with E-state index in [0.717, 1.165) is 11.1 Å². The Labute approximate surface area is 175 Å². The molecule has 0 unspecified atom stereocenters. The summed E-state index contributed by atoms with van der Waals surface area (Å²) in [5, 5.41) is 3.21. The van der Waals surface area contributed by atoms with Crippen molar-refractivity contribution in [2.75, 3.05) is 19.0 Å². The number of rotatable bonds is 8. The van der Waals surface area contributed by atoms with Crippen molar-refractivity contribution in [3.8, 4) is 11.5 Å². The van der Waals surface area contributed by atoms with Gasteiger partial charge in [-0.2, -0.15) is 0 Å². The summed E-state index contributed by atoms with van der Waals surface area (Å²) in [6.45, 7) is 5.23. The predicted molar refractivity (Wildman–Crippen MR) is 114 cm³/mol. The zero-order chi connectivity index (χ0) is 21.4. The van der Waals surface area contributed by atoms with E-state index in [4.69, 9.17) is 25.8 Å². The molecule has 2 rings (SSSR count). The van der Waals surface area contributed by atoms with E-state index < -0.39 is 18.5 Å². The van der Waals surface area contributed by atoms with Crippen molar-refractivity contribution in [1.29, 1.82) is 0 Å². The molecule has 7 heteroatoms. The van der Waals surface area contributed by atoms with Crippen LogP contribution >= 0.6 is 11.6 Å². The number of esters is 1. The molecule has 1 amide bonds. The zero-order valence-electron chi connectivity index (χ0n) is 16.8. The molecule has 0 bridgehead atoms. The maximum absolute atomic E-state index is 12.0. The Morgan fingerprint density at radius 2 is 1.93 bits per heavy atom. The summed E-state index contributed by atoms with van der Waals surface area (Å²) >= 11 is 6.02. The quantitative estimate of drug-likeness (QED) is 0.500. The molecular weight excluding hydrogens is 394 g/mol. The molecule has 154 valence electrons. The highest BCUT2D eigenvalue weighted by molar-refractivity contribution is 6.31. The number of amides is 1. The molecule has 0 heterocycles. The van der Waals surface area contributed by atoms with E-state index in [-0.39, 0.29) is 6.10 Å². The van der Waals surface area contributed by atoms with Crippen LogP contribution in [0.5, 0.6) is 11.5 Å². The summed E-state index contributed by atoms with van der Waals surface area (Å²) in [7, 11) is 1.55. The Balaban J connectivity index is 1.90. The summed E-state index contributed by atoms with van der Waals surface area (Å²) in [5.41, 5.74) is 2.05. The number of hydrogen-bond acceptors (Lipinski definition) is 5. The fraction of sp³-hybridized carbons (Fsp3) is 0.273. The van der Waals surface area contributed by atoms with Gasteiger partial charge in [0.2, 0.25) is 0 Å². The third-order valence-corrected chi connectivity index (χ3v) is 4.26. The van der Waals surface area contributed by atoms with Crippen LogP contribution in [0.25, 0.3) is 6.08 Å². The molecule has 0 aliphatic rings. The summed E-state index contributed by atoms with van der Waals surface area (Å²) in [5.74, 6) is 0.0964. The van der Waals surface area contributed by atoms with Crippen molar-refractivity contribution >= 4 is 35.2 Å². The Kier molecular flexibility index (Phi) is 8.09. The molecule has 1 N–H and O–H groups in total. The molecule has 0 aromatic heterocycles. The first-order valence-corrected chi connectivity index (χ1v) is 9.42. The van der Waals surface area contributed by atoms with Gasteiger partial charge in [0, 0.05) is 16.8 Å².